The van der Waals surface area contributed by atoms with E-state index in [2.05, 4.69) is 12.3 Å². The standard InChI is InChI=1S/C13H26N2O/c1-13(12(16)15-14)10-8-6-4-2-3-5-7-9-11-13/h2-11,14H2,1H3,(H,15,16). The van der Waals surface area contributed by atoms with Crippen molar-refractivity contribution in [2.75, 3.05) is 0 Å². The Kier molecular flexibility index (Phi) is 5.81. The lowest BCUT2D eigenvalue weighted by atomic mass is 9.79. The lowest BCUT2D eigenvalue weighted by Crippen LogP contribution is -2.42. The van der Waals surface area contributed by atoms with Crippen molar-refractivity contribution in [2.45, 2.75) is 71.1 Å². The van der Waals surface area contributed by atoms with E-state index in [9.17, 15) is 4.79 Å². The van der Waals surface area contributed by atoms with E-state index in [0.717, 1.165) is 25.7 Å². The molecular weight excluding hydrogens is 200 g/mol. The van der Waals surface area contributed by atoms with Crippen LogP contribution in [0, 0.1) is 5.41 Å². The fraction of sp³-hybridized carbons (Fsp3) is 0.923. The number of amides is 1. The normalized spacial score (nSPS) is 23.1. The number of carbonyl (C=O) groups is 1. The lowest BCUT2D eigenvalue weighted by molar-refractivity contribution is -0.131. The van der Waals surface area contributed by atoms with Gasteiger partial charge in [-0.3, -0.25) is 10.2 Å². The number of rotatable bonds is 1. The van der Waals surface area contributed by atoms with Gasteiger partial charge in [-0.15, -0.1) is 0 Å². The third-order valence-corrected chi connectivity index (χ3v) is 3.89. The largest absolute Gasteiger partial charge is 0.294 e. The quantitative estimate of drug-likeness (QED) is 0.410. The van der Waals surface area contributed by atoms with E-state index in [-0.39, 0.29) is 11.3 Å². The van der Waals surface area contributed by atoms with Gasteiger partial charge >= 0.3 is 0 Å². The summed E-state index contributed by atoms with van der Waals surface area (Å²) in [6.07, 6.45) is 12.2. The summed E-state index contributed by atoms with van der Waals surface area (Å²) in [6.45, 7) is 2.06. The highest BCUT2D eigenvalue weighted by molar-refractivity contribution is 5.81. The Bertz CT molecular complexity index is 204. The van der Waals surface area contributed by atoms with Crippen LogP contribution in [0.1, 0.15) is 71.1 Å². The summed E-state index contributed by atoms with van der Waals surface area (Å²) >= 11 is 0. The van der Waals surface area contributed by atoms with Gasteiger partial charge in [0, 0.05) is 5.41 Å². The van der Waals surface area contributed by atoms with Gasteiger partial charge < -0.3 is 0 Å². The Hall–Kier alpha value is -0.570. The van der Waals surface area contributed by atoms with Crippen molar-refractivity contribution in [1.82, 2.24) is 5.43 Å². The molecule has 0 atom stereocenters. The molecular formula is C13H26N2O. The molecule has 1 amide bonds. The van der Waals surface area contributed by atoms with Crippen LogP contribution in [0.3, 0.4) is 0 Å². The van der Waals surface area contributed by atoms with E-state index in [0.29, 0.717) is 0 Å². The Morgan fingerprint density at radius 3 is 1.69 bits per heavy atom. The highest BCUT2D eigenvalue weighted by Gasteiger charge is 2.31. The topological polar surface area (TPSA) is 55.1 Å². The van der Waals surface area contributed by atoms with Gasteiger partial charge in [-0.05, 0) is 12.8 Å². The maximum atomic E-state index is 11.8. The first-order valence-corrected chi connectivity index (χ1v) is 6.70. The molecule has 1 fully saturated rings. The zero-order valence-corrected chi connectivity index (χ0v) is 10.6. The van der Waals surface area contributed by atoms with Gasteiger partial charge in [0.25, 0.3) is 0 Å². The van der Waals surface area contributed by atoms with Gasteiger partial charge in [0.1, 0.15) is 0 Å². The number of hydrazine groups is 1. The molecule has 3 heteroatoms. The number of carbonyl (C=O) groups excluding carboxylic acids is 1. The van der Waals surface area contributed by atoms with E-state index in [1.165, 1.54) is 38.5 Å². The van der Waals surface area contributed by atoms with Crippen molar-refractivity contribution in [3.05, 3.63) is 0 Å². The monoisotopic (exact) mass is 226 g/mol. The smallest absolute Gasteiger partial charge is 0.239 e. The summed E-state index contributed by atoms with van der Waals surface area (Å²) in [4.78, 5) is 11.8. The number of hydrogen-bond acceptors (Lipinski definition) is 2. The zero-order chi connectivity index (χ0) is 11.9. The summed E-state index contributed by atoms with van der Waals surface area (Å²) in [6, 6.07) is 0. The number of nitrogens with one attached hydrogen (secondary N) is 1. The Morgan fingerprint density at radius 1 is 0.938 bits per heavy atom. The SMILES string of the molecule is CC1(C(=O)NN)CCCCCCCCCC1. The molecule has 94 valence electrons. The molecule has 1 rings (SSSR count). The van der Waals surface area contributed by atoms with E-state index < -0.39 is 0 Å². The van der Waals surface area contributed by atoms with E-state index in [1.807, 2.05) is 0 Å². The predicted molar refractivity (Wildman–Crippen MR) is 66.6 cm³/mol. The van der Waals surface area contributed by atoms with Gasteiger partial charge in [-0.2, -0.15) is 0 Å². The first kappa shape index (κ1) is 13.5. The average molecular weight is 226 g/mol. The fourth-order valence-electron chi connectivity index (χ4n) is 2.62. The Morgan fingerprint density at radius 2 is 1.31 bits per heavy atom. The molecule has 1 saturated carbocycles. The molecule has 0 aromatic carbocycles. The summed E-state index contributed by atoms with van der Waals surface area (Å²) < 4.78 is 0. The molecule has 3 nitrogen and oxygen atoms in total. The molecule has 0 aromatic heterocycles. The van der Waals surface area contributed by atoms with Crippen LogP contribution in [0.5, 0.6) is 0 Å². The Labute approximate surface area is 99.1 Å². The molecule has 1 aliphatic rings. The first-order valence-electron chi connectivity index (χ1n) is 6.70. The van der Waals surface area contributed by atoms with Crippen molar-refractivity contribution in [1.29, 1.82) is 0 Å². The Balaban J connectivity index is 2.53. The van der Waals surface area contributed by atoms with Gasteiger partial charge in [-0.1, -0.05) is 58.3 Å². The summed E-state index contributed by atoms with van der Waals surface area (Å²) in [7, 11) is 0. The fourth-order valence-corrected chi connectivity index (χ4v) is 2.62. The predicted octanol–water partition coefficient (Wildman–Crippen LogP) is 2.90. The molecule has 0 unspecified atom stereocenters. The first-order chi connectivity index (χ1) is 7.69. The molecule has 3 N–H and O–H groups in total. The van der Waals surface area contributed by atoms with Crippen LogP contribution in [0.2, 0.25) is 0 Å². The van der Waals surface area contributed by atoms with Crippen molar-refractivity contribution < 1.29 is 4.79 Å². The lowest BCUT2D eigenvalue weighted by Gasteiger charge is -2.27. The van der Waals surface area contributed by atoms with Crippen molar-refractivity contribution in [2.24, 2.45) is 11.3 Å². The van der Waals surface area contributed by atoms with Gasteiger partial charge in [-0.25, -0.2) is 5.84 Å². The number of hydrogen-bond donors (Lipinski definition) is 2. The second-order valence-electron chi connectivity index (χ2n) is 5.36. The van der Waals surface area contributed by atoms with Gasteiger partial charge in [0.2, 0.25) is 5.91 Å². The zero-order valence-electron chi connectivity index (χ0n) is 10.6. The molecule has 0 spiro atoms. The highest BCUT2D eigenvalue weighted by Crippen LogP contribution is 2.32. The molecule has 0 aliphatic heterocycles. The molecule has 0 radical (unpaired) electrons. The maximum absolute atomic E-state index is 11.8. The molecule has 0 aromatic rings. The second-order valence-corrected chi connectivity index (χ2v) is 5.36. The highest BCUT2D eigenvalue weighted by atomic mass is 16.2. The van der Waals surface area contributed by atoms with Crippen molar-refractivity contribution in [3.63, 3.8) is 0 Å². The third kappa shape index (κ3) is 4.12. The minimum Gasteiger partial charge on any atom is -0.294 e. The minimum absolute atomic E-state index is 0.0201. The van der Waals surface area contributed by atoms with E-state index in [1.54, 1.807) is 0 Å². The van der Waals surface area contributed by atoms with Crippen LogP contribution < -0.4 is 11.3 Å². The minimum atomic E-state index is -0.237. The summed E-state index contributed by atoms with van der Waals surface area (Å²) in [5.41, 5.74) is 2.10. The van der Waals surface area contributed by atoms with Crippen LogP contribution in [0.25, 0.3) is 0 Å². The average Bonchev–Trinajstić information content (AvgIpc) is 2.34. The van der Waals surface area contributed by atoms with Gasteiger partial charge in [0.15, 0.2) is 0 Å². The van der Waals surface area contributed by atoms with Crippen LogP contribution in [-0.2, 0) is 4.79 Å². The van der Waals surface area contributed by atoms with Crippen molar-refractivity contribution in [3.8, 4) is 0 Å². The van der Waals surface area contributed by atoms with Crippen LogP contribution in [0.4, 0.5) is 0 Å². The molecule has 1 aliphatic carbocycles. The third-order valence-electron chi connectivity index (χ3n) is 3.89. The van der Waals surface area contributed by atoms with Crippen molar-refractivity contribution >= 4 is 5.91 Å². The van der Waals surface area contributed by atoms with Crippen LogP contribution in [-0.4, -0.2) is 5.91 Å². The molecule has 0 saturated heterocycles. The second kappa shape index (κ2) is 6.89. The molecule has 0 heterocycles. The molecule has 0 bridgehead atoms. The van der Waals surface area contributed by atoms with Crippen LogP contribution >= 0.6 is 0 Å². The summed E-state index contributed by atoms with van der Waals surface area (Å²) in [5, 5.41) is 0. The molecule has 16 heavy (non-hydrogen) atoms. The van der Waals surface area contributed by atoms with Crippen LogP contribution in [0.15, 0.2) is 0 Å². The summed E-state index contributed by atoms with van der Waals surface area (Å²) in [5.74, 6) is 5.30. The van der Waals surface area contributed by atoms with Gasteiger partial charge in [0.05, 0.1) is 0 Å². The number of nitrogens with two attached hydrogens (primary N) is 1. The maximum Gasteiger partial charge on any atom is 0.239 e. The van der Waals surface area contributed by atoms with E-state index >= 15 is 0 Å². The van der Waals surface area contributed by atoms with E-state index in [4.69, 9.17) is 5.84 Å².